The summed E-state index contributed by atoms with van der Waals surface area (Å²) in [6.45, 7) is 1.08. The van der Waals surface area contributed by atoms with Crippen molar-refractivity contribution in [3.8, 4) is 0 Å². The lowest BCUT2D eigenvalue weighted by Crippen LogP contribution is -2.55. The molecule has 1 saturated heterocycles. The van der Waals surface area contributed by atoms with E-state index in [1.807, 2.05) is 11.0 Å². The molecule has 2 atom stereocenters. The molecule has 2 aliphatic rings. The molecule has 1 aliphatic carbocycles. The summed E-state index contributed by atoms with van der Waals surface area (Å²) in [5, 5.41) is 0. The first-order chi connectivity index (χ1) is 11.3. The quantitative estimate of drug-likeness (QED) is 0.800. The van der Waals surface area contributed by atoms with Gasteiger partial charge < -0.3 is 9.64 Å². The first kappa shape index (κ1) is 14.4. The largest absolute Gasteiger partial charge is 0.374 e. The molecular formula is C17H19N3O3. The molecule has 0 spiro atoms. The maximum absolute atomic E-state index is 12.9. The van der Waals surface area contributed by atoms with E-state index in [4.69, 9.17) is 4.74 Å². The summed E-state index contributed by atoms with van der Waals surface area (Å²) in [7, 11) is 0. The second-order valence-electron chi connectivity index (χ2n) is 6.17. The topological polar surface area (TPSA) is 63.9 Å². The van der Waals surface area contributed by atoms with Gasteiger partial charge in [0.05, 0.1) is 18.8 Å². The standard InChI is InChI=1S/C17H19N3O3/c21-16(19-9-10-23-14-6-2-1-5-13(14)19)12-11-18-15-7-3-4-8-20(15)17(12)22/h3-4,7-8,11,13-14H,1-2,5-6,9-10H2/t13-,14-/m0/s1. The maximum atomic E-state index is 12.9. The van der Waals surface area contributed by atoms with Gasteiger partial charge in [-0.1, -0.05) is 18.9 Å². The number of rotatable bonds is 1. The van der Waals surface area contributed by atoms with Crippen molar-refractivity contribution in [2.75, 3.05) is 13.2 Å². The molecule has 3 heterocycles. The fourth-order valence-corrected chi connectivity index (χ4v) is 3.68. The van der Waals surface area contributed by atoms with Gasteiger partial charge in [0.15, 0.2) is 0 Å². The van der Waals surface area contributed by atoms with Crippen LogP contribution in [-0.4, -0.2) is 45.5 Å². The van der Waals surface area contributed by atoms with Gasteiger partial charge in [0.25, 0.3) is 11.5 Å². The van der Waals surface area contributed by atoms with Crippen LogP contribution < -0.4 is 5.56 Å². The van der Waals surface area contributed by atoms with Crippen LogP contribution in [0.5, 0.6) is 0 Å². The molecule has 0 radical (unpaired) electrons. The third-order valence-electron chi connectivity index (χ3n) is 4.84. The van der Waals surface area contributed by atoms with Crippen LogP contribution in [-0.2, 0) is 4.74 Å². The Bertz CT molecular complexity index is 799. The van der Waals surface area contributed by atoms with Crippen molar-refractivity contribution < 1.29 is 9.53 Å². The first-order valence-corrected chi connectivity index (χ1v) is 8.15. The minimum absolute atomic E-state index is 0.0841. The van der Waals surface area contributed by atoms with Gasteiger partial charge in [-0.25, -0.2) is 4.98 Å². The number of ether oxygens (including phenoxy) is 1. The highest BCUT2D eigenvalue weighted by atomic mass is 16.5. The summed E-state index contributed by atoms with van der Waals surface area (Å²) < 4.78 is 7.23. The van der Waals surface area contributed by atoms with Crippen molar-refractivity contribution in [3.63, 3.8) is 0 Å². The Balaban J connectivity index is 1.71. The predicted octanol–water partition coefficient (Wildman–Crippen LogP) is 1.48. The number of morpholine rings is 1. The molecule has 2 aromatic heterocycles. The molecule has 6 heteroatoms. The molecule has 0 unspecified atom stereocenters. The minimum atomic E-state index is -0.306. The van der Waals surface area contributed by atoms with E-state index in [9.17, 15) is 9.59 Å². The lowest BCUT2D eigenvalue weighted by molar-refractivity contribution is -0.0753. The summed E-state index contributed by atoms with van der Waals surface area (Å²) in [5.41, 5.74) is 0.381. The van der Waals surface area contributed by atoms with Crippen LogP contribution in [0.4, 0.5) is 0 Å². The highest BCUT2D eigenvalue weighted by Gasteiger charge is 2.37. The van der Waals surface area contributed by atoms with Crippen molar-refractivity contribution in [1.29, 1.82) is 0 Å². The van der Waals surface area contributed by atoms with Gasteiger partial charge >= 0.3 is 0 Å². The number of carbonyl (C=O) groups excluding carboxylic acids is 1. The zero-order valence-electron chi connectivity index (χ0n) is 12.9. The van der Waals surface area contributed by atoms with E-state index in [-0.39, 0.29) is 29.2 Å². The Morgan fingerprint density at radius 3 is 3.04 bits per heavy atom. The van der Waals surface area contributed by atoms with E-state index in [1.165, 1.54) is 10.6 Å². The molecule has 1 saturated carbocycles. The fraction of sp³-hybridized carbons (Fsp3) is 0.471. The van der Waals surface area contributed by atoms with E-state index in [0.29, 0.717) is 18.8 Å². The Morgan fingerprint density at radius 1 is 1.26 bits per heavy atom. The van der Waals surface area contributed by atoms with Gasteiger partial charge in [-0.2, -0.15) is 0 Å². The summed E-state index contributed by atoms with van der Waals surface area (Å²) in [6, 6.07) is 5.41. The molecule has 6 nitrogen and oxygen atoms in total. The molecule has 120 valence electrons. The zero-order valence-corrected chi connectivity index (χ0v) is 12.9. The third-order valence-corrected chi connectivity index (χ3v) is 4.84. The third kappa shape index (κ3) is 2.43. The van der Waals surface area contributed by atoms with Crippen LogP contribution >= 0.6 is 0 Å². The average Bonchev–Trinajstić information content (AvgIpc) is 2.61. The number of pyridine rings is 1. The molecule has 2 fully saturated rings. The highest BCUT2D eigenvalue weighted by Crippen LogP contribution is 2.29. The normalized spacial score (nSPS) is 24.4. The van der Waals surface area contributed by atoms with Crippen molar-refractivity contribution >= 4 is 11.6 Å². The van der Waals surface area contributed by atoms with Gasteiger partial charge in [0.2, 0.25) is 0 Å². The van der Waals surface area contributed by atoms with E-state index >= 15 is 0 Å². The first-order valence-electron chi connectivity index (χ1n) is 8.15. The monoisotopic (exact) mass is 313 g/mol. The number of hydrogen-bond donors (Lipinski definition) is 0. The summed E-state index contributed by atoms with van der Waals surface area (Å²) in [6.07, 6.45) is 7.34. The number of aromatic nitrogens is 2. The number of carbonyl (C=O) groups is 1. The molecule has 2 aromatic rings. The van der Waals surface area contributed by atoms with Gasteiger partial charge in [-0.3, -0.25) is 14.0 Å². The molecular weight excluding hydrogens is 294 g/mol. The Kier molecular flexibility index (Phi) is 3.61. The Labute approximate surface area is 133 Å². The average molecular weight is 313 g/mol. The SMILES string of the molecule is O=C(c1cnc2ccccn2c1=O)N1CCO[C@H]2CCCC[C@@H]21. The second kappa shape index (κ2) is 5.77. The smallest absolute Gasteiger partial charge is 0.270 e. The fourth-order valence-electron chi connectivity index (χ4n) is 3.68. The molecule has 0 bridgehead atoms. The maximum Gasteiger partial charge on any atom is 0.270 e. The Morgan fingerprint density at radius 2 is 2.13 bits per heavy atom. The number of hydrogen-bond acceptors (Lipinski definition) is 4. The molecule has 0 N–H and O–H groups in total. The van der Waals surface area contributed by atoms with E-state index < -0.39 is 0 Å². The van der Waals surface area contributed by atoms with E-state index in [2.05, 4.69) is 4.98 Å². The van der Waals surface area contributed by atoms with Crippen LogP contribution in [0.15, 0.2) is 35.4 Å². The minimum Gasteiger partial charge on any atom is -0.374 e. The number of nitrogens with zero attached hydrogens (tertiary/aromatic N) is 3. The molecule has 1 aliphatic heterocycles. The van der Waals surface area contributed by atoms with Gasteiger partial charge in [0, 0.05) is 18.9 Å². The van der Waals surface area contributed by atoms with Crippen LogP contribution in [0.2, 0.25) is 0 Å². The van der Waals surface area contributed by atoms with Crippen molar-refractivity contribution in [1.82, 2.24) is 14.3 Å². The second-order valence-corrected chi connectivity index (χ2v) is 6.17. The number of amides is 1. The summed E-state index contributed by atoms with van der Waals surface area (Å²) in [5.74, 6) is -0.221. The van der Waals surface area contributed by atoms with Crippen LogP contribution in [0.1, 0.15) is 36.0 Å². The van der Waals surface area contributed by atoms with Gasteiger partial charge in [0.1, 0.15) is 11.2 Å². The van der Waals surface area contributed by atoms with Crippen LogP contribution in [0.25, 0.3) is 5.65 Å². The number of fused-ring (bicyclic) bond motifs is 2. The van der Waals surface area contributed by atoms with Crippen molar-refractivity contribution in [3.05, 3.63) is 46.5 Å². The van der Waals surface area contributed by atoms with Crippen LogP contribution in [0, 0.1) is 0 Å². The van der Waals surface area contributed by atoms with E-state index in [0.717, 1.165) is 25.7 Å². The lowest BCUT2D eigenvalue weighted by atomic mass is 9.90. The van der Waals surface area contributed by atoms with Crippen molar-refractivity contribution in [2.24, 2.45) is 0 Å². The van der Waals surface area contributed by atoms with E-state index in [1.54, 1.807) is 18.3 Å². The highest BCUT2D eigenvalue weighted by molar-refractivity contribution is 5.94. The molecule has 23 heavy (non-hydrogen) atoms. The van der Waals surface area contributed by atoms with Crippen LogP contribution in [0.3, 0.4) is 0 Å². The predicted molar refractivity (Wildman–Crippen MR) is 84.5 cm³/mol. The molecule has 0 aromatic carbocycles. The summed E-state index contributed by atoms with van der Waals surface area (Å²) >= 11 is 0. The van der Waals surface area contributed by atoms with Gasteiger partial charge in [-0.15, -0.1) is 0 Å². The lowest BCUT2D eigenvalue weighted by Gasteiger charge is -2.43. The Hall–Kier alpha value is -2.21. The van der Waals surface area contributed by atoms with Crippen molar-refractivity contribution in [2.45, 2.75) is 37.8 Å². The van der Waals surface area contributed by atoms with Gasteiger partial charge in [-0.05, 0) is 25.0 Å². The zero-order chi connectivity index (χ0) is 15.8. The molecule has 1 amide bonds. The molecule has 4 rings (SSSR count). The summed E-state index contributed by atoms with van der Waals surface area (Å²) in [4.78, 5) is 31.6.